The molecule has 0 saturated carbocycles. The number of hydrogen-bond acceptors (Lipinski definition) is 5. The molecule has 0 amide bonds. The summed E-state index contributed by atoms with van der Waals surface area (Å²) in [6.07, 6.45) is 1.92. The van der Waals surface area contributed by atoms with Crippen molar-refractivity contribution in [1.82, 2.24) is 9.97 Å². The van der Waals surface area contributed by atoms with Crippen LogP contribution < -0.4 is 14.4 Å². The van der Waals surface area contributed by atoms with E-state index in [0.29, 0.717) is 36.0 Å². The molecule has 1 aromatic carbocycles. The van der Waals surface area contributed by atoms with Crippen molar-refractivity contribution in [2.75, 3.05) is 26.2 Å². The molecule has 0 unspecified atom stereocenters. The minimum atomic E-state index is -0.368. The average Bonchev–Trinajstić information content (AvgIpc) is 2.54. The van der Waals surface area contributed by atoms with Gasteiger partial charge in [-0.15, -0.1) is 0 Å². The van der Waals surface area contributed by atoms with Gasteiger partial charge in [0, 0.05) is 13.6 Å². The fourth-order valence-electron chi connectivity index (χ4n) is 2.24. The zero-order chi connectivity index (χ0) is 16.1. The number of methoxy groups -OCH3 is 2. The second-order valence-corrected chi connectivity index (χ2v) is 4.86. The quantitative estimate of drug-likeness (QED) is 0.821. The van der Waals surface area contributed by atoms with Crippen molar-refractivity contribution in [1.29, 1.82) is 0 Å². The Hall–Kier alpha value is -2.37. The second kappa shape index (κ2) is 7.06. The summed E-state index contributed by atoms with van der Waals surface area (Å²) in [5, 5.41) is 0. The van der Waals surface area contributed by atoms with Gasteiger partial charge in [0.1, 0.15) is 6.33 Å². The Morgan fingerprint density at radius 2 is 1.86 bits per heavy atom. The molecule has 0 atom stereocenters. The highest BCUT2D eigenvalue weighted by atomic mass is 19.1. The first-order chi connectivity index (χ1) is 10.6. The maximum absolute atomic E-state index is 14.3. The number of aromatic nitrogens is 2. The highest BCUT2D eigenvalue weighted by molar-refractivity contribution is 5.46. The van der Waals surface area contributed by atoms with Gasteiger partial charge >= 0.3 is 0 Å². The number of ether oxygens (including phenoxy) is 2. The fourth-order valence-corrected chi connectivity index (χ4v) is 2.24. The van der Waals surface area contributed by atoms with E-state index in [9.17, 15) is 4.39 Å². The number of hydrogen-bond donors (Lipinski definition) is 0. The van der Waals surface area contributed by atoms with Crippen LogP contribution in [0.1, 0.15) is 18.2 Å². The summed E-state index contributed by atoms with van der Waals surface area (Å²) < 4.78 is 24.8. The molecule has 1 aromatic heterocycles. The lowest BCUT2D eigenvalue weighted by Gasteiger charge is -2.20. The zero-order valence-corrected chi connectivity index (χ0v) is 13.3. The van der Waals surface area contributed by atoms with Crippen LogP contribution in [-0.4, -0.2) is 31.2 Å². The minimum Gasteiger partial charge on any atom is -0.493 e. The van der Waals surface area contributed by atoms with Gasteiger partial charge in [0.05, 0.1) is 19.9 Å². The summed E-state index contributed by atoms with van der Waals surface area (Å²) in [5.74, 6) is 1.23. The molecule has 2 aromatic rings. The Bertz CT molecular complexity index is 649. The van der Waals surface area contributed by atoms with Crippen molar-refractivity contribution in [2.45, 2.75) is 19.9 Å². The van der Waals surface area contributed by atoms with Crippen molar-refractivity contribution in [3.63, 3.8) is 0 Å². The molecule has 0 aliphatic heterocycles. The van der Waals surface area contributed by atoms with Crippen LogP contribution in [0.25, 0.3) is 0 Å². The van der Waals surface area contributed by atoms with E-state index in [0.717, 1.165) is 5.56 Å². The molecule has 0 aliphatic carbocycles. The molecule has 0 bridgehead atoms. The van der Waals surface area contributed by atoms with Crippen molar-refractivity contribution in [3.8, 4) is 11.5 Å². The number of rotatable bonds is 6. The van der Waals surface area contributed by atoms with E-state index in [1.54, 1.807) is 26.2 Å². The Kier molecular flexibility index (Phi) is 5.14. The van der Waals surface area contributed by atoms with E-state index in [1.807, 2.05) is 25.1 Å². The maximum atomic E-state index is 14.3. The SMILES string of the molecule is CCc1ncnc(N(C)Cc2ccc(OC)c(OC)c2)c1F. The molecular formula is C16H20FN3O2. The van der Waals surface area contributed by atoms with E-state index in [4.69, 9.17) is 9.47 Å². The molecule has 0 saturated heterocycles. The Balaban J connectivity index is 2.24. The predicted molar refractivity (Wildman–Crippen MR) is 83.0 cm³/mol. The summed E-state index contributed by atoms with van der Waals surface area (Å²) in [4.78, 5) is 9.74. The van der Waals surface area contributed by atoms with Crippen LogP contribution in [0.2, 0.25) is 0 Å². The van der Waals surface area contributed by atoms with Crippen molar-refractivity contribution in [2.24, 2.45) is 0 Å². The second-order valence-electron chi connectivity index (χ2n) is 4.86. The highest BCUT2D eigenvalue weighted by Gasteiger charge is 2.14. The van der Waals surface area contributed by atoms with Gasteiger partial charge in [-0.05, 0) is 24.1 Å². The van der Waals surface area contributed by atoms with Gasteiger partial charge in [-0.3, -0.25) is 0 Å². The fraction of sp³-hybridized carbons (Fsp3) is 0.375. The molecule has 0 radical (unpaired) electrons. The summed E-state index contributed by atoms with van der Waals surface area (Å²) in [5.41, 5.74) is 1.39. The van der Waals surface area contributed by atoms with Crippen LogP contribution in [0.15, 0.2) is 24.5 Å². The number of anilines is 1. The van der Waals surface area contributed by atoms with E-state index < -0.39 is 0 Å². The summed E-state index contributed by atoms with van der Waals surface area (Å²) in [6.45, 7) is 2.36. The summed E-state index contributed by atoms with van der Waals surface area (Å²) in [6, 6.07) is 5.61. The highest BCUT2D eigenvalue weighted by Crippen LogP contribution is 2.28. The zero-order valence-electron chi connectivity index (χ0n) is 13.3. The Labute approximate surface area is 129 Å². The predicted octanol–water partition coefficient (Wildman–Crippen LogP) is 2.83. The van der Waals surface area contributed by atoms with Crippen LogP contribution in [0.3, 0.4) is 0 Å². The first-order valence-electron chi connectivity index (χ1n) is 7.02. The van der Waals surface area contributed by atoms with Crippen molar-refractivity contribution < 1.29 is 13.9 Å². The van der Waals surface area contributed by atoms with Gasteiger partial charge in [0.25, 0.3) is 0 Å². The van der Waals surface area contributed by atoms with Gasteiger partial charge in [-0.25, -0.2) is 14.4 Å². The first kappa shape index (κ1) is 16.0. The third-order valence-electron chi connectivity index (χ3n) is 3.41. The lowest BCUT2D eigenvalue weighted by Crippen LogP contribution is -2.20. The molecule has 2 rings (SSSR count). The van der Waals surface area contributed by atoms with Crippen molar-refractivity contribution in [3.05, 3.63) is 41.6 Å². The third-order valence-corrected chi connectivity index (χ3v) is 3.41. The molecule has 0 fully saturated rings. The van der Waals surface area contributed by atoms with E-state index >= 15 is 0 Å². The van der Waals surface area contributed by atoms with Gasteiger partial charge in [-0.1, -0.05) is 13.0 Å². The van der Waals surface area contributed by atoms with Crippen LogP contribution in [-0.2, 0) is 13.0 Å². The number of nitrogens with zero attached hydrogens (tertiary/aromatic N) is 3. The largest absolute Gasteiger partial charge is 0.493 e. The summed E-state index contributed by atoms with van der Waals surface area (Å²) in [7, 11) is 4.97. The minimum absolute atomic E-state index is 0.293. The van der Waals surface area contributed by atoms with Gasteiger partial charge in [0.2, 0.25) is 0 Å². The third kappa shape index (κ3) is 3.27. The lowest BCUT2D eigenvalue weighted by atomic mass is 10.2. The Morgan fingerprint density at radius 1 is 1.14 bits per heavy atom. The molecule has 6 heteroatoms. The topological polar surface area (TPSA) is 47.5 Å². The van der Waals surface area contributed by atoms with Crippen LogP contribution in [0.4, 0.5) is 10.2 Å². The van der Waals surface area contributed by atoms with Crippen LogP contribution >= 0.6 is 0 Å². The molecule has 0 aliphatic rings. The maximum Gasteiger partial charge on any atom is 0.187 e. The van der Waals surface area contributed by atoms with Crippen LogP contribution in [0.5, 0.6) is 11.5 Å². The van der Waals surface area contributed by atoms with Gasteiger partial charge in [0.15, 0.2) is 23.1 Å². The molecule has 22 heavy (non-hydrogen) atoms. The molecule has 118 valence electrons. The van der Waals surface area contributed by atoms with Gasteiger partial charge < -0.3 is 14.4 Å². The Morgan fingerprint density at radius 3 is 2.50 bits per heavy atom. The lowest BCUT2D eigenvalue weighted by molar-refractivity contribution is 0.354. The van der Waals surface area contributed by atoms with E-state index in [-0.39, 0.29) is 5.82 Å². The van der Waals surface area contributed by atoms with Gasteiger partial charge in [-0.2, -0.15) is 0 Å². The first-order valence-corrected chi connectivity index (χ1v) is 7.02. The van der Waals surface area contributed by atoms with Crippen molar-refractivity contribution >= 4 is 5.82 Å². The number of aryl methyl sites for hydroxylation is 1. The molecule has 5 nitrogen and oxygen atoms in total. The molecule has 1 heterocycles. The van der Waals surface area contributed by atoms with E-state index in [2.05, 4.69) is 9.97 Å². The smallest absolute Gasteiger partial charge is 0.187 e. The molecular weight excluding hydrogens is 285 g/mol. The average molecular weight is 305 g/mol. The molecule has 0 spiro atoms. The summed E-state index contributed by atoms with van der Waals surface area (Å²) >= 11 is 0. The standard InChI is InChI=1S/C16H20FN3O2/c1-5-12-15(17)16(19-10-18-12)20(2)9-11-6-7-13(21-3)14(8-11)22-4/h6-8,10H,5,9H2,1-4H3. The van der Waals surface area contributed by atoms with E-state index in [1.165, 1.54) is 6.33 Å². The van der Waals surface area contributed by atoms with Crippen LogP contribution in [0, 0.1) is 5.82 Å². The normalized spacial score (nSPS) is 10.4. The number of halogens is 1. The number of benzene rings is 1. The monoisotopic (exact) mass is 305 g/mol. The molecule has 0 N–H and O–H groups in total.